The van der Waals surface area contributed by atoms with Crippen molar-refractivity contribution in [3.8, 4) is 0 Å². The van der Waals surface area contributed by atoms with E-state index < -0.39 is 0 Å². The number of nitrogen functional groups attached to an aromatic ring is 1. The normalized spacial score (nSPS) is 19.6. The van der Waals surface area contributed by atoms with E-state index in [9.17, 15) is 0 Å². The van der Waals surface area contributed by atoms with Crippen LogP contribution in [0.4, 0.5) is 6.01 Å². The van der Waals surface area contributed by atoms with E-state index in [0.717, 1.165) is 0 Å². The molecule has 1 aliphatic rings. The summed E-state index contributed by atoms with van der Waals surface area (Å²) in [5, 5.41) is 7.81. The first-order chi connectivity index (χ1) is 7.60. The van der Waals surface area contributed by atoms with E-state index in [1.165, 1.54) is 38.5 Å². The van der Waals surface area contributed by atoms with Crippen LogP contribution in [0.3, 0.4) is 0 Å². The molecule has 90 valence electrons. The Bertz CT molecular complexity index is 338. The third kappa shape index (κ3) is 2.20. The maximum atomic E-state index is 5.50. The molecule has 0 saturated heterocycles. The number of hydrogen-bond donors (Lipinski definition) is 1. The lowest BCUT2D eigenvalue weighted by atomic mass is 9.74. The SMILES string of the molecule is CC(C)(c1nnc(N)o1)C1CCCCCC1. The highest BCUT2D eigenvalue weighted by Gasteiger charge is 2.36. The van der Waals surface area contributed by atoms with Gasteiger partial charge in [-0.05, 0) is 18.8 Å². The lowest BCUT2D eigenvalue weighted by Crippen LogP contribution is -2.29. The van der Waals surface area contributed by atoms with Crippen LogP contribution in [0, 0.1) is 5.92 Å². The smallest absolute Gasteiger partial charge is 0.312 e. The molecule has 2 rings (SSSR count). The van der Waals surface area contributed by atoms with Gasteiger partial charge in [0.2, 0.25) is 5.89 Å². The zero-order chi connectivity index (χ0) is 11.6. The summed E-state index contributed by atoms with van der Waals surface area (Å²) in [4.78, 5) is 0. The summed E-state index contributed by atoms with van der Waals surface area (Å²) in [6, 6.07) is 0.177. The first kappa shape index (κ1) is 11.4. The molecule has 4 heteroatoms. The van der Waals surface area contributed by atoms with Gasteiger partial charge >= 0.3 is 6.01 Å². The zero-order valence-electron chi connectivity index (χ0n) is 10.2. The minimum Gasteiger partial charge on any atom is -0.408 e. The first-order valence-electron chi connectivity index (χ1n) is 6.20. The number of aromatic nitrogens is 2. The third-order valence-corrected chi connectivity index (χ3v) is 3.87. The molecule has 4 nitrogen and oxygen atoms in total. The van der Waals surface area contributed by atoms with E-state index in [-0.39, 0.29) is 11.4 Å². The Morgan fingerprint density at radius 3 is 2.25 bits per heavy atom. The number of anilines is 1. The monoisotopic (exact) mass is 223 g/mol. The zero-order valence-corrected chi connectivity index (χ0v) is 10.2. The fourth-order valence-corrected chi connectivity index (χ4v) is 2.67. The first-order valence-corrected chi connectivity index (χ1v) is 6.20. The molecule has 0 bridgehead atoms. The minimum atomic E-state index is -0.0467. The Morgan fingerprint density at radius 1 is 1.12 bits per heavy atom. The van der Waals surface area contributed by atoms with Gasteiger partial charge in [-0.2, -0.15) is 0 Å². The average molecular weight is 223 g/mol. The van der Waals surface area contributed by atoms with Gasteiger partial charge < -0.3 is 10.2 Å². The molecule has 0 unspecified atom stereocenters. The summed E-state index contributed by atoms with van der Waals surface area (Å²) in [5.41, 5.74) is 5.45. The van der Waals surface area contributed by atoms with Crippen molar-refractivity contribution in [2.24, 2.45) is 5.92 Å². The van der Waals surface area contributed by atoms with Gasteiger partial charge in [-0.25, -0.2) is 0 Å². The lowest BCUT2D eigenvalue weighted by molar-refractivity contribution is 0.234. The predicted molar refractivity (Wildman–Crippen MR) is 62.9 cm³/mol. The molecule has 0 radical (unpaired) electrons. The van der Waals surface area contributed by atoms with Gasteiger partial charge in [0, 0.05) is 5.41 Å². The molecule has 0 amide bonds. The molecular weight excluding hydrogens is 202 g/mol. The largest absolute Gasteiger partial charge is 0.408 e. The molecular formula is C12H21N3O. The van der Waals surface area contributed by atoms with E-state index >= 15 is 0 Å². The molecule has 2 N–H and O–H groups in total. The second kappa shape index (κ2) is 4.44. The van der Waals surface area contributed by atoms with Crippen LogP contribution in [0.15, 0.2) is 4.42 Å². The summed E-state index contributed by atoms with van der Waals surface area (Å²) in [5.74, 6) is 1.33. The number of nitrogens with zero attached hydrogens (tertiary/aromatic N) is 2. The Labute approximate surface area is 96.6 Å². The number of nitrogens with two attached hydrogens (primary N) is 1. The Kier molecular flexibility index (Phi) is 3.17. The fraction of sp³-hybridized carbons (Fsp3) is 0.833. The Morgan fingerprint density at radius 2 is 1.75 bits per heavy atom. The highest BCUT2D eigenvalue weighted by molar-refractivity contribution is 5.11. The number of rotatable bonds is 2. The maximum Gasteiger partial charge on any atom is 0.312 e. The van der Waals surface area contributed by atoms with Gasteiger partial charge in [0.15, 0.2) is 0 Å². The summed E-state index contributed by atoms with van der Waals surface area (Å²) in [7, 11) is 0. The third-order valence-electron chi connectivity index (χ3n) is 3.87. The average Bonchev–Trinajstić information content (AvgIpc) is 2.54. The quantitative estimate of drug-likeness (QED) is 0.783. The van der Waals surface area contributed by atoms with Gasteiger partial charge in [-0.3, -0.25) is 0 Å². The molecule has 0 aromatic carbocycles. The van der Waals surface area contributed by atoms with Gasteiger partial charge in [0.1, 0.15) is 0 Å². The highest BCUT2D eigenvalue weighted by atomic mass is 16.4. The van der Waals surface area contributed by atoms with E-state index in [0.29, 0.717) is 11.8 Å². The van der Waals surface area contributed by atoms with E-state index in [1.807, 2.05) is 0 Å². The van der Waals surface area contributed by atoms with Crippen LogP contribution in [0.25, 0.3) is 0 Å². The predicted octanol–water partition coefficient (Wildman–Crippen LogP) is 2.90. The van der Waals surface area contributed by atoms with Crippen LogP contribution in [-0.4, -0.2) is 10.2 Å². The van der Waals surface area contributed by atoms with Crippen molar-refractivity contribution in [1.29, 1.82) is 0 Å². The minimum absolute atomic E-state index is 0.0467. The second-order valence-electron chi connectivity index (χ2n) is 5.36. The van der Waals surface area contributed by atoms with Crippen molar-refractivity contribution in [2.75, 3.05) is 5.73 Å². The van der Waals surface area contributed by atoms with Gasteiger partial charge in [-0.15, -0.1) is 5.10 Å². The van der Waals surface area contributed by atoms with Crippen molar-refractivity contribution >= 4 is 6.01 Å². The van der Waals surface area contributed by atoms with Gasteiger partial charge in [0.25, 0.3) is 0 Å². The van der Waals surface area contributed by atoms with Crippen molar-refractivity contribution in [2.45, 2.75) is 57.8 Å². The van der Waals surface area contributed by atoms with Gasteiger partial charge in [-0.1, -0.05) is 44.6 Å². The molecule has 1 aliphatic carbocycles. The van der Waals surface area contributed by atoms with Crippen LogP contribution in [0.1, 0.15) is 58.3 Å². The molecule has 1 aromatic rings. The molecule has 1 aromatic heterocycles. The van der Waals surface area contributed by atoms with E-state index in [2.05, 4.69) is 24.0 Å². The highest BCUT2D eigenvalue weighted by Crippen LogP contribution is 2.39. The molecule has 0 spiro atoms. The second-order valence-corrected chi connectivity index (χ2v) is 5.36. The summed E-state index contributed by atoms with van der Waals surface area (Å²) in [6.45, 7) is 4.38. The standard InChI is InChI=1S/C12H21N3O/c1-12(2,10-14-15-11(13)16-10)9-7-5-3-4-6-8-9/h9H,3-8H2,1-2H3,(H2,13,15). The van der Waals surface area contributed by atoms with E-state index in [4.69, 9.17) is 10.2 Å². The van der Waals surface area contributed by atoms with Crippen molar-refractivity contribution < 1.29 is 4.42 Å². The van der Waals surface area contributed by atoms with Crippen LogP contribution in [0.5, 0.6) is 0 Å². The van der Waals surface area contributed by atoms with Crippen molar-refractivity contribution in [1.82, 2.24) is 10.2 Å². The maximum absolute atomic E-state index is 5.50. The fourth-order valence-electron chi connectivity index (χ4n) is 2.67. The van der Waals surface area contributed by atoms with Crippen LogP contribution in [0.2, 0.25) is 0 Å². The van der Waals surface area contributed by atoms with Gasteiger partial charge in [0.05, 0.1) is 0 Å². The molecule has 0 atom stereocenters. The van der Waals surface area contributed by atoms with Crippen LogP contribution in [-0.2, 0) is 5.41 Å². The number of hydrogen-bond acceptors (Lipinski definition) is 4. The Hall–Kier alpha value is -1.06. The topological polar surface area (TPSA) is 64.9 Å². The summed E-state index contributed by atoms with van der Waals surface area (Å²) in [6.07, 6.45) is 7.87. The Balaban J connectivity index is 2.16. The van der Waals surface area contributed by atoms with E-state index in [1.54, 1.807) is 0 Å². The van der Waals surface area contributed by atoms with Crippen molar-refractivity contribution in [3.05, 3.63) is 5.89 Å². The van der Waals surface area contributed by atoms with Crippen molar-refractivity contribution in [3.63, 3.8) is 0 Å². The molecule has 0 aliphatic heterocycles. The molecule has 1 fully saturated rings. The summed E-state index contributed by atoms with van der Waals surface area (Å²) >= 11 is 0. The molecule has 1 saturated carbocycles. The molecule has 16 heavy (non-hydrogen) atoms. The lowest BCUT2D eigenvalue weighted by Gasteiger charge is -2.30. The van der Waals surface area contributed by atoms with Crippen LogP contribution >= 0.6 is 0 Å². The summed E-state index contributed by atoms with van der Waals surface area (Å²) < 4.78 is 5.40. The molecule has 1 heterocycles. The van der Waals surface area contributed by atoms with Crippen LogP contribution < -0.4 is 5.73 Å².